The van der Waals surface area contributed by atoms with Crippen LogP contribution in [0.2, 0.25) is 0 Å². The van der Waals surface area contributed by atoms with Gasteiger partial charge in [0.05, 0.1) is 18.6 Å². The highest BCUT2D eigenvalue weighted by Crippen LogP contribution is 2.19. The highest BCUT2D eigenvalue weighted by Gasteiger charge is 2.28. The summed E-state index contributed by atoms with van der Waals surface area (Å²) in [5, 5.41) is 5.75. The molecule has 2 amide bonds. The average Bonchev–Trinajstić information content (AvgIpc) is 3.01. The zero-order valence-electron chi connectivity index (χ0n) is 26.0. The van der Waals surface area contributed by atoms with Crippen molar-refractivity contribution in [3.63, 3.8) is 0 Å². The number of Topliss-reactive ketones (excluding diaryl/α,β-unsaturated/α-hetero) is 1. The van der Waals surface area contributed by atoms with E-state index < -0.39 is 18.0 Å². The van der Waals surface area contributed by atoms with E-state index in [1.165, 1.54) is 6.92 Å². The van der Waals surface area contributed by atoms with Crippen molar-refractivity contribution in [3.05, 3.63) is 85.0 Å². The van der Waals surface area contributed by atoms with E-state index in [2.05, 4.69) is 29.5 Å². The third kappa shape index (κ3) is 15.4. The molecule has 0 heterocycles. The molecule has 5 N–H and O–H groups in total. The molecule has 0 saturated heterocycles. The molecule has 0 unspecified atom stereocenters. The molecule has 0 bridgehead atoms. The molecule has 0 aromatic heterocycles. The van der Waals surface area contributed by atoms with Crippen LogP contribution < -0.4 is 38.2 Å². The molecule has 0 aliphatic rings. The molecule has 2 aromatic rings. The lowest BCUT2D eigenvalue weighted by atomic mass is 9.90. The molecule has 11 heteroatoms. The molecular weight excluding hydrogens is 598 g/mol. The Morgan fingerprint density at radius 3 is 1.91 bits per heavy atom. The van der Waals surface area contributed by atoms with Crippen LogP contribution in [0.3, 0.4) is 0 Å². The molecule has 2 aromatic carbocycles. The van der Waals surface area contributed by atoms with Crippen LogP contribution in [0.5, 0.6) is 11.5 Å². The van der Waals surface area contributed by atoms with Gasteiger partial charge in [0.2, 0.25) is 11.8 Å². The first-order valence-electron chi connectivity index (χ1n) is 14.9. The maximum absolute atomic E-state index is 13.6. The van der Waals surface area contributed by atoms with Gasteiger partial charge in [-0.15, -0.1) is 0 Å². The maximum atomic E-state index is 13.6. The van der Waals surface area contributed by atoms with E-state index in [1.807, 2.05) is 36.4 Å². The molecule has 0 fully saturated rings. The normalized spacial score (nSPS) is 12.3. The lowest BCUT2D eigenvalue weighted by Crippen LogP contribution is -3.00. The van der Waals surface area contributed by atoms with Gasteiger partial charge in [-0.3, -0.25) is 19.2 Å². The van der Waals surface area contributed by atoms with Crippen LogP contribution in [-0.2, 0) is 36.8 Å². The van der Waals surface area contributed by atoms with Crippen molar-refractivity contribution in [2.24, 2.45) is 5.92 Å². The van der Waals surface area contributed by atoms with E-state index >= 15 is 0 Å². The summed E-state index contributed by atoms with van der Waals surface area (Å²) < 4.78 is 16.1. The van der Waals surface area contributed by atoms with Crippen LogP contribution in [0, 0.1) is 5.92 Å². The number of halogens is 1. The summed E-state index contributed by atoms with van der Waals surface area (Å²) in [7, 11) is 0. The zero-order chi connectivity index (χ0) is 32.2. The number of nitrogens with one attached hydrogen (secondary N) is 2. The molecule has 0 aliphatic heterocycles. The van der Waals surface area contributed by atoms with Crippen molar-refractivity contribution in [2.45, 2.75) is 57.5 Å². The van der Waals surface area contributed by atoms with Gasteiger partial charge in [-0.05, 0) is 67.5 Å². The number of ketones is 1. The van der Waals surface area contributed by atoms with Crippen LogP contribution >= 0.6 is 0 Å². The van der Waals surface area contributed by atoms with Gasteiger partial charge in [0, 0.05) is 19.3 Å². The summed E-state index contributed by atoms with van der Waals surface area (Å²) in [5.41, 5.74) is 5.63. The summed E-state index contributed by atoms with van der Waals surface area (Å²) in [4.78, 5) is 50.1. The van der Waals surface area contributed by atoms with Gasteiger partial charge >= 0.3 is 0 Å². The largest absolute Gasteiger partial charge is 1.00 e. The molecule has 10 nitrogen and oxygen atoms in total. The zero-order valence-corrected chi connectivity index (χ0v) is 26.8. The molecule has 3 atom stereocenters. The van der Waals surface area contributed by atoms with Crippen molar-refractivity contribution < 1.29 is 51.5 Å². The highest BCUT2D eigenvalue weighted by molar-refractivity contribution is 5.92. The Balaban J connectivity index is 0.0000101. The number of carbonyl (C=O) groups excluding carboxylic acids is 4. The lowest BCUT2D eigenvalue weighted by molar-refractivity contribution is -0.368. The first-order chi connectivity index (χ1) is 21.3. The van der Waals surface area contributed by atoms with E-state index in [9.17, 15) is 19.2 Å². The second-order valence-corrected chi connectivity index (χ2v) is 10.5. The summed E-state index contributed by atoms with van der Waals surface area (Å²) in [6.45, 7) is 10.4. The van der Waals surface area contributed by atoms with Gasteiger partial charge in [-0.25, -0.2) is 0 Å². The first kappa shape index (κ1) is 38.9. The monoisotopic (exact) mass is 643 g/mol. The Morgan fingerprint density at radius 2 is 1.42 bits per heavy atom. The lowest BCUT2D eigenvalue weighted by Gasteiger charge is -2.24. The summed E-state index contributed by atoms with van der Waals surface area (Å²) >= 11 is 0. The van der Waals surface area contributed by atoms with Gasteiger partial charge in [-0.1, -0.05) is 49.6 Å². The van der Waals surface area contributed by atoms with Crippen LogP contribution in [-0.4, -0.2) is 62.5 Å². The van der Waals surface area contributed by atoms with E-state index in [0.29, 0.717) is 57.0 Å². The molecule has 0 aliphatic carbocycles. The van der Waals surface area contributed by atoms with Crippen molar-refractivity contribution in [2.75, 3.05) is 26.4 Å². The van der Waals surface area contributed by atoms with Crippen molar-refractivity contribution in [1.29, 1.82) is 0 Å². The molecular formula is C34H46ClN3O7. The van der Waals surface area contributed by atoms with Gasteiger partial charge in [0.1, 0.15) is 31.3 Å². The minimum absolute atomic E-state index is 0. The number of hydrogen-bond acceptors (Lipinski definition) is 7. The van der Waals surface area contributed by atoms with Crippen molar-refractivity contribution in [1.82, 2.24) is 10.6 Å². The maximum Gasteiger partial charge on any atom is 0.293 e. The summed E-state index contributed by atoms with van der Waals surface area (Å²) in [5.74, 6) is -0.153. The molecule has 246 valence electrons. The fourth-order valence-electron chi connectivity index (χ4n) is 4.67. The quantitative estimate of drug-likeness (QED) is 0.0860. The Hall–Kier alpha value is -4.15. The fraction of sp³-hybridized carbons (Fsp3) is 0.412. The molecule has 45 heavy (non-hydrogen) atoms. The molecule has 0 radical (unpaired) electrons. The predicted octanol–water partition coefficient (Wildman–Crippen LogP) is -0.244. The Bertz CT molecular complexity index is 1210. The summed E-state index contributed by atoms with van der Waals surface area (Å²) in [6, 6.07) is 13.4. The van der Waals surface area contributed by atoms with Gasteiger partial charge < -0.3 is 43.0 Å². The minimum atomic E-state index is -0.799. The number of amides is 2. The number of carbonyl (C=O) groups is 4. The average molecular weight is 644 g/mol. The van der Waals surface area contributed by atoms with Crippen LogP contribution in [0.4, 0.5) is 0 Å². The number of ether oxygens (including phenoxy) is 3. The van der Waals surface area contributed by atoms with E-state index in [1.54, 1.807) is 24.3 Å². The van der Waals surface area contributed by atoms with Crippen molar-refractivity contribution in [3.8, 4) is 11.5 Å². The number of unbranched alkanes of at least 4 members (excludes halogenated alkanes) is 1. The minimum Gasteiger partial charge on any atom is -1.00 e. The Labute approximate surface area is 272 Å². The predicted molar refractivity (Wildman–Crippen MR) is 168 cm³/mol. The van der Waals surface area contributed by atoms with Gasteiger partial charge in [0.25, 0.3) is 6.47 Å². The number of quaternary nitrogens is 1. The number of benzene rings is 2. The van der Waals surface area contributed by atoms with E-state index in [0.717, 1.165) is 17.5 Å². The van der Waals surface area contributed by atoms with Crippen LogP contribution in [0.1, 0.15) is 43.7 Å². The van der Waals surface area contributed by atoms with Crippen LogP contribution in [0.15, 0.2) is 73.8 Å². The second kappa shape index (κ2) is 22.4. The third-order valence-corrected chi connectivity index (χ3v) is 6.85. The molecule has 0 saturated carbocycles. The number of hydrogen-bond donors (Lipinski definition) is 3. The Morgan fingerprint density at radius 1 is 0.867 bits per heavy atom. The highest BCUT2D eigenvalue weighted by atomic mass is 35.5. The van der Waals surface area contributed by atoms with E-state index in [4.69, 9.17) is 14.2 Å². The standard InChI is InChI=1S/C34H45N3O7.ClH/c1-4-18-43-30-13-9-26(10-14-30)20-29(23-42-24-38)37-34(41)28(8-6-7-17-35)22-33(40)32(36-25(3)39)21-27-11-15-31(16-12-27)44-19-5-2;/h4-5,9-16,24,28-29,32H,1-2,6-8,17-23,35H2,3H3,(H,36,39)(H,37,41);1H/t28-,29-,32-;/m0./s1. The van der Waals surface area contributed by atoms with Gasteiger partial charge in [-0.2, -0.15) is 0 Å². The van der Waals surface area contributed by atoms with E-state index in [-0.39, 0.29) is 49.5 Å². The van der Waals surface area contributed by atoms with Gasteiger partial charge in [0.15, 0.2) is 5.78 Å². The summed E-state index contributed by atoms with van der Waals surface area (Å²) in [6.07, 6.45) is 5.94. The van der Waals surface area contributed by atoms with Crippen LogP contribution in [0.25, 0.3) is 0 Å². The Kier molecular flexibility index (Phi) is 19.3. The second-order valence-electron chi connectivity index (χ2n) is 10.5. The SMILES string of the molecule is C=CCOc1ccc(C[C@@H](COC=O)NC(=O)[C@@H](CCCC[NH3+])CC(=O)[C@H](Cc2ccc(OCC=C)cc2)NC(C)=O)cc1.[Cl-]. The number of rotatable bonds is 23. The molecule has 2 rings (SSSR count). The fourth-order valence-corrected chi connectivity index (χ4v) is 4.67. The smallest absolute Gasteiger partial charge is 0.293 e. The molecule has 0 spiro atoms. The van der Waals surface area contributed by atoms with Crippen molar-refractivity contribution >= 4 is 24.1 Å². The first-order valence-corrected chi connectivity index (χ1v) is 14.9. The topological polar surface area (TPSA) is 148 Å². The third-order valence-electron chi connectivity index (χ3n) is 6.85.